The third kappa shape index (κ3) is 2.25. The van der Waals surface area contributed by atoms with Gasteiger partial charge in [-0.1, -0.05) is 65.5 Å². The fourth-order valence-corrected chi connectivity index (χ4v) is 4.32. The Bertz CT molecular complexity index is 1320. The van der Waals surface area contributed by atoms with E-state index >= 15 is 0 Å². The van der Waals surface area contributed by atoms with Gasteiger partial charge in [-0.15, -0.1) is 0 Å². The minimum atomic E-state index is 1.02. The Hall–Kier alpha value is -3.04. The quantitative estimate of drug-likeness (QED) is 0.436. The van der Waals surface area contributed by atoms with Crippen molar-refractivity contribution in [2.45, 2.75) is 0 Å². The Balaban J connectivity index is 2.04. The molecule has 0 atom stereocenters. The second kappa shape index (κ2) is 6.00. The summed E-state index contributed by atoms with van der Waals surface area (Å²) in [5.74, 6) is 0. The first-order chi connectivity index (χ1) is 13.2. The molecule has 2 heterocycles. The summed E-state index contributed by atoms with van der Waals surface area (Å²) in [6.45, 7) is 8.55. The van der Waals surface area contributed by atoms with Crippen LogP contribution in [0.15, 0.2) is 89.9 Å². The Morgan fingerprint density at radius 1 is 0.852 bits per heavy atom. The number of anilines is 2. The van der Waals surface area contributed by atoms with E-state index in [1.54, 1.807) is 0 Å². The number of benzene rings is 3. The van der Waals surface area contributed by atoms with Gasteiger partial charge in [-0.25, -0.2) is 0 Å². The Morgan fingerprint density at radius 2 is 1.59 bits per heavy atom. The SMILES string of the molecule is C=CC1=c2c(=C)c3ccccc3n2-c2ccc(Br)cc2N1c1ccccc1. The van der Waals surface area contributed by atoms with Crippen LogP contribution in [0.5, 0.6) is 0 Å². The van der Waals surface area contributed by atoms with E-state index in [0.717, 1.165) is 48.7 Å². The fourth-order valence-electron chi connectivity index (χ4n) is 3.97. The monoisotopic (exact) mass is 412 g/mol. The summed E-state index contributed by atoms with van der Waals surface area (Å²) >= 11 is 3.64. The van der Waals surface area contributed by atoms with Gasteiger partial charge in [0.1, 0.15) is 0 Å². The van der Waals surface area contributed by atoms with E-state index in [-0.39, 0.29) is 0 Å². The third-order valence-corrected chi connectivity index (χ3v) is 5.58. The minimum absolute atomic E-state index is 1.02. The maximum Gasteiger partial charge on any atom is 0.0777 e. The van der Waals surface area contributed by atoms with Crippen LogP contribution in [0.4, 0.5) is 11.4 Å². The summed E-state index contributed by atoms with van der Waals surface area (Å²) in [5, 5.41) is 3.27. The van der Waals surface area contributed by atoms with Crippen molar-refractivity contribution < 1.29 is 0 Å². The van der Waals surface area contributed by atoms with E-state index in [1.807, 2.05) is 12.1 Å². The van der Waals surface area contributed by atoms with Crippen LogP contribution in [0.3, 0.4) is 0 Å². The van der Waals surface area contributed by atoms with Gasteiger partial charge in [0.25, 0.3) is 0 Å². The molecule has 0 saturated heterocycles. The second-order valence-corrected chi connectivity index (χ2v) is 7.49. The number of rotatable bonds is 2. The molecule has 0 spiro atoms. The van der Waals surface area contributed by atoms with Gasteiger partial charge in [-0.3, -0.25) is 0 Å². The number of halogens is 1. The predicted octanol–water partition coefficient (Wildman–Crippen LogP) is 5.25. The van der Waals surface area contributed by atoms with Gasteiger partial charge in [0.2, 0.25) is 0 Å². The normalized spacial score (nSPS) is 12.8. The van der Waals surface area contributed by atoms with Crippen LogP contribution in [-0.4, -0.2) is 4.57 Å². The Kier molecular flexibility index (Phi) is 3.59. The second-order valence-electron chi connectivity index (χ2n) is 6.57. The van der Waals surface area contributed by atoms with Gasteiger partial charge in [0, 0.05) is 20.8 Å². The maximum absolute atomic E-state index is 4.41. The van der Waals surface area contributed by atoms with E-state index in [2.05, 4.69) is 105 Å². The molecule has 1 aliphatic rings. The molecule has 1 aliphatic heterocycles. The van der Waals surface area contributed by atoms with Crippen LogP contribution >= 0.6 is 15.9 Å². The van der Waals surface area contributed by atoms with Crippen LogP contribution in [0.1, 0.15) is 0 Å². The number of hydrogen-bond donors (Lipinski definition) is 0. The molecule has 27 heavy (non-hydrogen) atoms. The van der Waals surface area contributed by atoms with Gasteiger partial charge in [0.05, 0.1) is 27.9 Å². The molecule has 0 saturated carbocycles. The molecule has 0 aliphatic carbocycles. The summed E-state index contributed by atoms with van der Waals surface area (Å²) in [4.78, 5) is 2.26. The molecule has 0 amide bonds. The van der Waals surface area contributed by atoms with Crippen LogP contribution in [-0.2, 0) is 0 Å². The molecule has 3 aromatic carbocycles. The predicted molar refractivity (Wildman–Crippen MR) is 118 cm³/mol. The molecule has 0 bridgehead atoms. The lowest BCUT2D eigenvalue weighted by Gasteiger charge is -2.32. The van der Waals surface area contributed by atoms with Gasteiger partial charge in [0.15, 0.2) is 0 Å². The average Bonchev–Trinajstić information content (AvgIpc) is 3.00. The molecule has 0 unspecified atom stereocenters. The first-order valence-corrected chi connectivity index (χ1v) is 9.60. The van der Waals surface area contributed by atoms with Crippen molar-refractivity contribution in [1.29, 1.82) is 0 Å². The number of para-hydroxylation sites is 2. The molecule has 0 N–H and O–H groups in total. The van der Waals surface area contributed by atoms with Gasteiger partial charge in [-0.05, 0) is 42.5 Å². The molecule has 5 rings (SSSR count). The smallest absolute Gasteiger partial charge is 0.0777 e. The van der Waals surface area contributed by atoms with Crippen molar-refractivity contribution in [3.05, 3.63) is 100 Å². The zero-order valence-corrected chi connectivity index (χ0v) is 16.3. The lowest BCUT2D eigenvalue weighted by molar-refractivity contribution is 1.01. The Morgan fingerprint density at radius 3 is 2.37 bits per heavy atom. The summed E-state index contributed by atoms with van der Waals surface area (Å²) < 4.78 is 3.34. The summed E-state index contributed by atoms with van der Waals surface area (Å²) in [6.07, 6.45) is 1.93. The topological polar surface area (TPSA) is 8.17 Å². The number of hydrogen-bond acceptors (Lipinski definition) is 1. The van der Waals surface area contributed by atoms with Crippen LogP contribution in [0.2, 0.25) is 0 Å². The molecule has 0 fully saturated rings. The van der Waals surface area contributed by atoms with E-state index in [1.165, 1.54) is 0 Å². The Labute approximate surface area is 166 Å². The zero-order chi connectivity index (χ0) is 18.5. The standard InChI is InChI=1S/C24H17BrN2/c1-3-20-24-16(2)19-11-7-8-12-21(19)27(24)22-14-13-17(25)15-23(22)26(20)18-9-5-4-6-10-18/h3-15H,1-2H2. The highest BCUT2D eigenvalue weighted by atomic mass is 79.9. The van der Waals surface area contributed by atoms with Gasteiger partial charge in [-0.2, -0.15) is 0 Å². The molecular formula is C24H17BrN2. The van der Waals surface area contributed by atoms with E-state index < -0.39 is 0 Å². The lowest BCUT2D eigenvalue weighted by atomic mass is 10.1. The summed E-state index contributed by atoms with van der Waals surface area (Å²) in [6, 6.07) is 25.2. The first-order valence-electron chi connectivity index (χ1n) is 8.81. The van der Waals surface area contributed by atoms with Crippen molar-refractivity contribution in [1.82, 2.24) is 4.57 Å². The third-order valence-electron chi connectivity index (χ3n) is 5.09. The highest BCUT2D eigenvalue weighted by molar-refractivity contribution is 9.10. The van der Waals surface area contributed by atoms with E-state index in [9.17, 15) is 0 Å². The molecule has 2 nitrogen and oxygen atoms in total. The van der Waals surface area contributed by atoms with Crippen molar-refractivity contribution in [2.75, 3.05) is 4.90 Å². The molecule has 130 valence electrons. The molecule has 3 heteroatoms. The molecule has 4 aromatic rings. The molecule has 0 radical (unpaired) electrons. The summed E-state index contributed by atoms with van der Waals surface area (Å²) in [7, 11) is 0. The van der Waals surface area contributed by atoms with Crippen LogP contribution in [0.25, 0.3) is 28.9 Å². The van der Waals surface area contributed by atoms with Gasteiger partial charge >= 0.3 is 0 Å². The van der Waals surface area contributed by atoms with Crippen molar-refractivity contribution >= 4 is 50.5 Å². The first kappa shape index (κ1) is 16.2. The van der Waals surface area contributed by atoms with Crippen molar-refractivity contribution in [2.24, 2.45) is 0 Å². The van der Waals surface area contributed by atoms with Crippen LogP contribution in [0, 0.1) is 0 Å². The summed E-state index contributed by atoms with van der Waals surface area (Å²) in [5.41, 5.74) is 5.54. The zero-order valence-electron chi connectivity index (χ0n) is 14.7. The number of fused-ring (bicyclic) bond motifs is 5. The number of aromatic nitrogens is 1. The average molecular weight is 413 g/mol. The van der Waals surface area contributed by atoms with Crippen LogP contribution < -0.4 is 15.5 Å². The molecular weight excluding hydrogens is 396 g/mol. The fraction of sp³-hybridized carbons (Fsp3) is 0. The van der Waals surface area contributed by atoms with Crippen molar-refractivity contribution in [3.8, 4) is 5.69 Å². The van der Waals surface area contributed by atoms with Gasteiger partial charge < -0.3 is 9.47 Å². The highest BCUT2D eigenvalue weighted by Gasteiger charge is 2.26. The molecule has 1 aromatic heterocycles. The van der Waals surface area contributed by atoms with E-state index in [0.29, 0.717) is 0 Å². The maximum atomic E-state index is 4.41. The van der Waals surface area contributed by atoms with E-state index in [4.69, 9.17) is 0 Å². The largest absolute Gasteiger partial charge is 0.306 e. The van der Waals surface area contributed by atoms with Crippen molar-refractivity contribution in [3.63, 3.8) is 0 Å². The minimum Gasteiger partial charge on any atom is -0.306 e. The number of nitrogens with zero attached hydrogens (tertiary/aromatic N) is 2. The lowest BCUT2D eigenvalue weighted by Crippen LogP contribution is -2.38. The highest BCUT2D eigenvalue weighted by Crippen LogP contribution is 2.39.